The van der Waals surface area contributed by atoms with E-state index in [0.717, 1.165) is 44.3 Å². The number of Topliss-reactive ketones (excluding diaryl/α,β-unsaturated/α-hetero) is 1. The second-order valence-electron chi connectivity index (χ2n) is 10.3. The van der Waals surface area contributed by atoms with Crippen LogP contribution in [0.15, 0.2) is 71.9 Å². The molecule has 0 bridgehead atoms. The van der Waals surface area contributed by atoms with Crippen LogP contribution in [0, 0.1) is 5.41 Å². The minimum atomic E-state index is -0.468. The zero-order valence-corrected chi connectivity index (χ0v) is 27.1. The Morgan fingerprint density at radius 1 is 1.05 bits per heavy atom. The maximum atomic E-state index is 12.6. The van der Waals surface area contributed by atoms with Crippen molar-refractivity contribution < 1.29 is 9.59 Å². The van der Waals surface area contributed by atoms with E-state index in [1.54, 1.807) is 6.26 Å². The SMILES string of the molecule is CCC.CCC(=O)C1(C)C=c2c(c(Cc3nc(C=O)c(N=C(c4ccccc4)c4ccccc4)s3)cn2C)=CC1.CS. The number of thiol groups is 1. The van der Waals surface area contributed by atoms with Gasteiger partial charge in [-0.15, -0.1) is 0 Å². The molecule has 5 rings (SSSR count). The van der Waals surface area contributed by atoms with Gasteiger partial charge in [0.15, 0.2) is 6.29 Å². The molecule has 0 radical (unpaired) electrons. The molecule has 2 heterocycles. The van der Waals surface area contributed by atoms with Crippen molar-refractivity contribution in [2.45, 2.75) is 53.4 Å². The van der Waals surface area contributed by atoms with E-state index in [4.69, 9.17) is 4.99 Å². The number of hydrogen-bond acceptors (Lipinski definition) is 6. The van der Waals surface area contributed by atoms with Gasteiger partial charge in [-0.05, 0) is 36.5 Å². The highest BCUT2D eigenvalue weighted by Crippen LogP contribution is 2.31. The summed E-state index contributed by atoms with van der Waals surface area (Å²) in [4.78, 5) is 34.1. The zero-order valence-electron chi connectivity index (χ0n) is 25.4. The molecule has 2 aromatic heterocycles. The van der Waals surface area contributed by atoms with Crippen molar-refractivity contribution >= 4 is 58.9 Å². The number of benzene rings is 2. The van der Waals surface area contributed by atoms with Crippen molar-refractivity contribution in [3.8, 4) is 0 Å². The highest BCUT2D eigenvalue weighted by Gasteiger charge is 2.30. The fraction of sp³-hybridized carbons (Fsp3) is 0.314. The van der Waals surface area contributed by atoms with Gasteiger partial charge >= 0.3 is 0 Å². The van der Waals surface area contributed by atoms with E-state index in [1.807, 2.05) is 81.6 Å². The second-order valence-corrected chi connectivity index (χ2v) is 11.4. The third kappa shape index (κ3) is 7.64. The molecule has 1 atom stereocenters. The number of aldehydes is 1. The molecule has 5 nitrogen and oxygen atoms in total. The van der Waals surface area contributed by atoms with Crippen molar-refractivity contribution in [2.75, 3.05) is 6.26 Å². The number of nitrogens with zero attached hydrogens (tertiary/aromatic N) is 3. The second kappa shape index (κ2) is 15.6. The van der Waals surface area contributed by atoms with Gasteiger partial charge in [-0.25, -0.2) is 9.98 Å². The van der Waals surface area contributed by atoms with Crippen LogP contribution in [-0.2, 0) is 18.3 Å². The van der Waals surface area contributed by atoms with Crippen LogP contribution in [0.4, 0.5) is 5.00 Å². The van der Waals surface area contributed by atoms with Gasteiger partial charge in [0, 0.05) is 48.0 Å². The van der Waals surface area contributed by atoms with E-state index in [-0.39, 0.29) is 5.78 Å². The number of thiazole rings is 1. The van der Waals surface area contributed by atoms with Crippen molar-refractivity contribution in [1.29, 1.82) is 0 Å². The Kier molecular flexibility index (Phi) is 12.3. The number of aromatic nitrogens is 2. The van der Waals surface area contributed by atoms with Gasteiger partial charge in [0.25, 0.3) is 0 Å². The Hall–Kier alpha value is -3.55. The zero-order chi connectivity index (χ0) is 30.7. The molecule has 0 N–H and O–H groups in total. The molecule has 42 heavy (non-hydrogen) atoms. The summed E-state index contributed by atoms with van der Waals surface area (Å²) < 4.78 is 2.08. The lowest BCUT2D eigenvalue weighted by Gasteiger charge is -2.24. The Bertz CT molecular complexity index is 1600. The first-order valence-electron chi connectivity index (χ1n) is 14.3. The number of rotatable bonds is 8. The number of carbonyl (C=O) groups excluding carboxylic acids is 2. The topological polar surface area (TPSA) is 64.3 Å². The first-order valence-corrected chi connectivity index (χ1v) is 16.0. The average molecular weight is 600 g/mol. The number of hydrogen-bond donors (Lipinski definition) is 1. The normalized spacial score (nSPS) is 14.9. The van der Waals surface area contributed by atoms with Gasteiger partial charge in [-0.3, -0.25) is 9.59 Å². The molecular weight excluding hydrogens is 559 g/mol. The van der Waals surface area contributed by atoms with E-state index in [2.05, 4.69) is 54.4 Å². The van der Waals surface area contributed by atoms with E-state index < -0.39 is 5.41 Å². The summed E-state index contributed by atoms with van der Waals surface area (Å²) in [5.41, 5.74) is 3.78. The fourth-order valence-electron chi connectivity index (χ4n) is 4.91. The third-order valence-corrected chi connectivity index (χ3v) is 7.90. The summed E-state index contributed by atoms with van der Waals surface area (Å²) in [6.07, 6.45) is 11.9. The van der Waals surface area contributed by atoms with Crippen LogP contribution in [-0.4, -0.2) is 33.6 Å². The Balaban J connectivity index is 0.000000910. The van der Waals surface area contributed by atoms with Crippen LogP contribution in [0.5, 0.6) is 0 Å². The number of fused-ring (bicyclic) bond motifs is 1. The van der Waals surface area contributed by atoms with E-state index in [9.17, 15) is 9.59 Å². The Morgan fingerprint density at radius 3 is 2.14 bits per heavy atom. The van der Waals surface area contributed by atoms with E-state index >= 15 is 0 Å². The standard InChI is InChI=1S/C31H29N3O2S.C3H8.CH4S/c1-4-27(36)31(2)16-15-24-23(19-34(3)26(24)18-31)17-28-32-25(20-35)30(37-28)33-29(21-11-7-5-8-12-21)22-13-9-6-10-14-22;1-3-2;1-2/h5-15,18-20H,4,16-17H2,1-3H3;3H2,1-2H3;2H,1H3. The van der Waals surface area contributed by atoms with Crippen LogP contribution in [0.3, 0.4) is 0 Å². The first-order chi connectivity index (χ1) is 20.3. The first kappa shape index (κ1) is 33.0. The third-order valence-electron chi connectivity index (χ3n) is 6.93. The average Bonchev–Trinajstić information content (AvgIpc) is 3.56. The summed E-state index contributed by atoms with van der Waals surface area (Å²) in [5.74, 6) is 0.253. The fourth-order valence-corrected chi connectivity index (χ4v) is 5.84. The van der Waals surface area contributed by atoms with Crippen LogP contribution in [0.2, 0.25) is 0 Å². The molecule has 0 saturated carbocycles. The monoisotopic (exact) mass is 599 g/mol. The summed E-state index contributed by atoms with van der Waals surface area (Å²) in [7, 11) is 2.01. The van der Waals surface area contributed by atoms with Gasteiger partial charge in [-0.1, -0.05) is 105 Å². The predicted molar refractivity (Wildman–Crippen MR) is 181 cm³/mol. The van der Waals surface area contributed by atoms with Gasteiger partial charge in [0.05, 0.1) is 5.71 Å². The summed E-state index contributed by atoms with van der Waals surface area (Å²) >= 11 is 4.98. The molecular formula is C35H41N3O2S2. The highest BCUT2D eigenvalue weighted by atomic mass is 32.1. The van der Waals surface area contributed by atoms with E-state index in [1.165, 1.54) is 17.8 Å². The molecule has 4 aromatic rings. The molecule has 0 spiro atoms. The lowest BCUT2D eigenvalue weighted by Crippen LogP contribution is -2.39. The quantitative estimate of drug-likeness (QED) is 0.135. The van der Waals surface area contributed by atoms with Crippen LogP contribution in [0.25, 0.3) is 12.2 Å². The molecule has 2 aromatic carbocycles. The molecule has 7 heteroatoms. The van der Waals surface area contributed by atoms with Gasteiger partial charge < -0.3 is 4.57 Å². The maximum absolute atomic E-state index is 12.6. The molecule has 0 saturated heterocycles. The van der Waals surface area contributed by atoms with Crippen LogP contribution < -0.4 is 10.6 Å². The molecule has 1 aliphatic rings. The lowest BCUT2D eigenvalue weighted by molar-refractivity contribution is -0.124. The molecule has 0 amide bonds. The number of ketones is 1. The molecule has 220 valence electrons. The Morgan fingerprint density at radius 2 is 1.62 bits per heavy atom. The highest BCUT2D eigenvalue weighted by molar-refractivity contribution is 7.79. The Labute approximate surface area is 259 Å². The predicted octanol–water partition coefficient (Wildman–Crippen LogP) is 6.97. The van der Waals surface area contributed by atoms with Crippen LogP contribution >= 0.6 is 24.0 Å². The maximum Gasteiger partial charge on any atom is 0.171 e. The molecule has 1 aliphatic carbocycles. The summed E-state index contributed by atoms with van der Waals surface area (Å²) in [5, 5.41) is 3.65. The summed E-state index contributed by atoms with van der Waals surface area (Å²) in [6.45, 7) is 8.19. The van der Waals surface area contributed by atoms with Crippen LogP contribution in [0.1, 0.15) is 79.1 Å². The minimum absolute atomic E-state index is 0.253. The van der Waals surface area contributed by atoms with Gasteiger partial charge in [0.2, 0.25) is 0 Å². The summed E-state index contributed by atoms with van der Waals surface area (Å²) in [6, 6.07) is 20.0. The van der Waals surface area contributed by atoms with Crippen molar-refractivity contribution in [3.63, 3.8) is 0 Å². The molecule has 0 aliphatic heterocycles. The largest absolute Gasteiger partial charge is 0.350 e. The number of carbonyl (C=O) groups is 2. The van der Waals surface area contributed by atoms with Gasteiger partial charge in [0.1, 0.15) is 21.5 Å². The van der Waals surface area contributed by atoms with E-state index in [0.29, 0.717) is 30.0 Å². The van der Waals surface area contributed by atoms with Gasteiger partial charge in [-0.2, -0.15) is 12.6 Å². The number of aliphatic imine (C=N–C) groups is 1. The van der Waals surface area contributed by atoms with Crippen molar-refractivity contribution in [1.82, 2.24) is 9.55 Å². The smallest absolute Gasteiger partial charge is 0.171 e. The lowest BCUT2D eigenvalue weighted by atomic mass is 9.78. The molecule has 0 fully saturated rings. The number of aryl methyl sites for hydroxylation is 1. The van der Waals surface area contributed by atoms with Crippen molar-refractivity contribution in [2.24, 2.45) is 17.5 Å². The molecule has 1 unspecified atom stereocenters. The van der Waals surface area contributed by atoms with Crippen molar-refractivity contribution in [3.05, 3.63) is 105 Å². The minimum Gasteiger partial charge on any atom is -0.350 e.